The molecule has 17 heavy (non-hydrogen) atoms. The largest absolute Gasteiger partial charge is 0.455 e. The average Bonchev–Trinajstić information content (AvgIpc) is 2.21. The Hall–Kier alpha value is -2.03. The fraction of sp³-hybridized carbons (Fsp3) is 0.143. The molecule has 0 spiro atoms. The van der Waals surface area contributed by atoms with Gasteiger partial charge in [-0.05, 0) is 49.2 Å². The number of nitrogens with two attached hydrogens (primary N) is 1. The monoisotopic (exact) mass is 231 g/mol. The first-order valence-electron chi connectivity index (χ1n) is 5.36. The summed E-state index contributed by atoms with van der Waals surface area (Å²) >= 11 is 0. The third kappa shape index (κ3) is 2.75. The Morgan fingerprint density at radius 1 is 1.00 bits per heavy atom. The number of hydrogen-bond donors (Lipinski definition) is 1. The first-order valence-corrected chi connectivity index (χ1v) is 5.36. The van der Waals surface area contributed by atoms with Gasteiger partial charge in [0.05, 0.1) is 5.69 Å². The topological polar surface area (TPSA) is 35.2 Å². The first kappa shape index (κ1) is 11.5. The molecule has 3 heteroatoms. The van der Waals surface area contributed by atoms with E-state index >= 15 is 0 Å². The highest BCUT2D eigenvalue weighted by molar-refractivity contribution is 5.54. The molecule has 0 saturated heterocycles. The van der Waals surface area contributed by atoms with E-state index in [9.17, 15) is 4.39 Å². The van der Waals surface area contributed by atoms with Crippen molar-refractivity contribution in [1.29, 1.82) is 0 Å². The summed E-state index contributed by atoms with van der Waals surface area (Å²) in [5.41, 5.74) is 8.20. The maximum atomic E-state index is 12.9. The highest BCUT2D eigenvalue weighted by Gasteiger charge is 2.04. The zero-order valence-corrected chi connectivity index (χ0v) is 9.83. The summed E-state index contributed by atoms with van der Waals surface area (Å²) in [5.74, 6) is 0.812. The molecule has 0 aliphatic carbocycles. The quantitative estimate of drug-likeness (QED) is 0.797. The van der Waals surface area contributed by atoms with Gasteiger partial charge in [-0.25, -0.2) is 4.39 Å². The van der Waals surface area contributed by atoms with Crippen LogP contribution in [-0.2, 0) is 0 Å². The zero-order chi connectivity index (χ0) is 12.4. The smallest absolute Gasteiger partial charge is 0.150 e. The lowest BCUT2D eigenvalue weighted by atomic mass is 10.1. The molecule has 0 aliphatic rings. The van der Waals surface area contributed by atoms with Crippen LogP contribution in [0.3, 0.4) is 0 Å². The molecule has 0 bridgehead atoms. The molecular weight excluding hydrogens is 217 g/mol. The van der Waals surface area contributed by atoms with Crippen molar-refractivity contribution in [3.8, 4) is 11.5 Å². The number of aryl methyl sites for hydroxylation is 2. The van der Waals surface area contributed by atoms with Crippen molar-refractivity contribution in [2.24, 2.45) is 0 Å². The number of nitrogen functional groups attached to an aromatic ring is 1. The van der Waals surface area contributed by atoms with Crippen LogP contribution in [0.25, 0.3) is 0 Å². The van der Waals surface area contributed by atoms with Crippen molar-refractivity contribution in [3.05, 3.63) is 53.3 Å². The Morgan fingerprint density at radius 2 is 1.65 bits per heavy atom. The summed E-state index contributed by atoms with van der Waals surface area (Å²) in [6, 6.07) is 9.99. The fourth-order valence-electron chi connectivity index (χ4n) is 1.73. The molecule has 2 aromatic rings. The van der Waals surface area contributed by atoms with Gasteiger partial charge in [-0.2, -0.15) is 0 Å². The number of ether oxygens (including phenoxy) is 1. The van der Waals surface area contributed by atoms with Crippen LogP contribution < -0.4 is 10.5 Å². The lowest BCUT2D eigenvalue weighted by molar-refractivity contribution is 0.482. The van der Waals surface area contributed by atoms with Crippen molar-refractivity contribution in [2.45, 2.75) is 13.8 Å². The Labute approximate surface area is 99.8 Å². The van der Waals surface area contributed by atoms with E-state index in [1.807, 2.05) is 26.0 Å². The Bertz CT molecular complexity index is 532. The summed E-state index contributed by atoms with van der Waals surface area (Å²) in [4.78, 5) is 0. The molecule has 2 N–H and O–H groups in total. The van der Waals surface area contributed by atoms with Gasteiger partial charge in [0.1, 0.15) is 11.6 Å². The molecule has 0 fully saturated rings. The third-order valence-corrected chi connectivity index (χ3v) is 2.39. The minimum Gasteiger partial charge on any atom is -0.455 e. The molecule has 0 unspecified atom stereocenters. The van der Waals surface area contributed by atoms with Crippen LogP contribution in [0.4, 0.5) is 10.1 Å². The lowest BCUT2D eigenvalue weighted by Crippen LogP contribution is -1.93. The second-order valence-corrected chi connectivity index (χ2v) is 4.11. The van der Waals surface area contributed by atoms with Gasteiger partial charge < -0.3 is 10.5 Å². The number of benzene rings is 2. The van der Waals surface area contributed by atoms with Gasteiger partial charge in [0.2, 0.25) is 0 Å². The standard InChI is InChI=1S/C14H14FNO/c1-9-5-10(2)7-12(6-9)17-14-4-3-11(15)8-13(14)16/h3-8H,16H2,1-2H3. The van der Waals surface area contributed by atoms with Crippen LogP contribution in [0.2, 0.25) is 0 Å². The van der Waals surface area contributed by atoms with E-state index in [1.54, 1.807) is 0 Å². The van der Waals surface area contributed by atoms with Crippen molar-refractivity contribution in [3.63, 3.8) is 0 Å². The number of anilines is 1. The van der Waals surface area contributed by atoms with Gasteiger partial charge >= 0.3 is 0 Å². The van der Waals surface area contributed by atoms with Gasteiger partial charge in [0.15, 0.2) is 5.75 Å². The maximum Gasteiger partial charge on any atom is 0.150 e. The normalized spacial score (nSPS) is 10.3. The minimum absolute atomic E-state index is 0.296. The SMILES string of the molecule is Cc1cc(C)cc(Oc2ccc(F)cc2N)c1. The molecule has 0 saturated carbocycles. The maximum absolute atomic E-state index is 12.9. The molecule has 0 atom stereocenters. The van der Waals surface area contributed by atoms with Gasteiger partial charge in [-0.3, -0.25) is 0 Å². The van der Waals surface area contributed by atoms with E-state index in [0.29, 0.717) is 17.2 Å². The highest BCUT2D eigenvalue weighted by Crippen LogP contribution is 2.28. The summed E-state index contributed by atoms with van der Waals surface area (Å²) in [6.07, 6.45) is 0. The van der Waals surface area contributed by atoms with Crippen LogP contribution in [0.15, 0.2) is 36.4 Å². The summed E-state index contributed by atoms with van der Waals surface area (Å²) in [6.45, 7) is 3.99. The molecular formula is C14H14FNO. The molecule has 0 aromatic heterocycles. The van der Waals surface area contributed by atoms with Crippen molar-refractivity contribution in [2.75, 3.05) is 5.73 Å². The van der Waals surface area contributed by atoms with Crippen molar-refractivity contribution in [1.82, 2.24) is 0 Å². The summed E-state index contributed by atoms with van der Waals surface area (Å²) in [7, 11) is 0. The van der Waals surface area contributed by atoms with E-state index in [2.05, 4.69) is 6.07 Å². The van der Waals surface area contributed by atoms with Crippen LogP contribution in [-0.4, -0.2) is 0 Å². The van der Waals surface area contributed by atoms with Crippen LogP contribution >= 0.6 is 0 Å². The summed E-state index contributed by atoms with van der Waals surface area (Å²) < 4.78 is 18.5. The molecule has 0 amide bonds. The second kappa shape index (κ2) is 4.45. The van der Waals surface area contributed by atoms with Crippen molar-refractivity contribution >= 4 is 5.69 Å². The highest BCUT2D eigenvalue weighted by atomic mass is 19.1. The molecule has 88 valence electrons. The number of halogens is 1. The van der Waals surface area contributed by atoms with E-state index in [0.717, 1.165) is 11.1 Å². The van der Waals surface area contributed by atoms with E-state index in [-0.39, 0.29) is 5.82 Å². The minimum atomic E-state index is -0.365. The molecule has 0 heterocycles. The lowest BCUT2D eigenvalue weighted by Gasteiger charge is -2.09. The molecule has 2 aromatic carbocycles. The third-order valence-electron chi connectivity index (χ3n) is 2.39. The Kier molecular flexibility index (Phi) is 3.00. The van der Waals surface area contributed by atoms with E-state index < -0.39 is 0 Å². The molecule has 0 aliphatic heterocycles. The van der Waals surface area contributed by atoms with Crippen LogP contribution in [0.1, 0.15) is 11.1 Å². The zero-order valence-electron chi connectivity index (χ0n) is 9.83. The predicted molar refractivity (Wildman–Crippen MR) is 66.8 cm³/mol. The van der Waals surface area contributed by atoms with Gasteiger partial charge in [0, 0.05) is 6.07 Å². The number of hydrogen-bond acceptors (Lipinski definition) is 2. The Morgan fingerprint density at radius 3 is 2.24 bits per heavy atom. The van der Waals surface area contributed by atoms with Crippen LogP contribution in [0.5, 0.6) is 11.5 Å². The Balaban J connectivity index is 2.31. The predicted octanol–water partition coefficient (Wildman–Crippen LogP) is 3.82. The summed E-state index contributed by atoms with van der Waals surface area (Å²) in [5, 5.41) is 0. The average molecular weight is 231 g/mol. The fourth-order valence-corrected chi connectivity index (χ4v) is 1.73. The van der Waals surface area contributed by atoms with Gasteiger partial charge in [-0.1, -0.05) is 6.07 Å². The van der Waals surface area contributed by atoms with Gasteiger partial charge in [0.25, 0.3) is 0 Å². The molecule has 2 rings (SSSR count). The molecule has 0 radical (unpaired) electrons. The van der Waals surface area contributed by atoms with E-state index in [4.69, 9.17) is 10.5 Å². The molecule has 2 nitrogen and oxygen atoms in total. The van der Waals surface area contributed by atoms with Gasteiger partial charge in [-0.15, -0.1) is 0 Å². The van der Waals surface area contributed by atoms with Crippen molar-refractivity contribution < 1.29 is 9.13 Å². The first-order chi connectivity index (χ1) is 8.04. The second-order valence-electron chi connectivity index (χ2n) is 4.11. The van der Waals surface area contributed by atoms with Crippen LogP contribution in [0, 0.1) is 19.7 Å². The number of rotatable bonds is 2. The van der Waals surface area contributed by atoms with E-state index in [1.165, 1.54) is 18.2 Å².